The van der Waals surface area contributed by atoms with Crippen molar-refractivity contribution in [1.82, 2.24) is 21.3 Å². The van der Waals surface area contributed by atoms with Crippen LogP contribution in [0, 0.1) is 21.6 Å². The number of benzene rings is 2. The van der Waals surface area contributed by atoms with E-state index in [1.54, 1.807) is 0 Å². The van der Waals surface area contributed by atoms with E-state index in [-0.39, 0.29) is 88.6 Å². The van der Waals surface area contributed by atoms with Gasteiger partial charge in [-0.15, -0.1) is 118 Å². The van der Waals surface area contributed by atoms with Crippen LogP contribution in [0.25, 0.3) is 11.1 Å². The second-order valence-electron chi connectivity index (χ2n) is 6.71. The van der Waals surface area contributed by atoms with Crippen LogP contribution in [0.1, 0.15) is 22.3 Å². The SMILES string of the molecule is Br.Br.Br.Br.N=C(S)NCc1cccc(CNC(=N)S)c1-c1c(CNC(=N)S)cccc1CNC(=N)S. The molecule has 0 fully saturated rings. The fraction of sp³-hybridized carbons (Fsp3) is 0.200. The van der Waals surface area contributed by atoms with E-state index in [9.17, 15) is 0 Å². The summed E-state index contributed by atoms with van der Waals surface area (Å²) in [6, 6.07) is 11.7. The lowest BCUT2D eigenvalue weighted by atomic mass is 9.87. The maximum atomic E-state index is 7.64. The molecule has 2 aromatic carbocycles. The third kappa shape index (κ3) is 13.4. The Labute approximate surface area is 275 Å². The highest BCUT2D eigenvalue weighted by atomic mass is 79.9. The van der Waals surface area contributed by atoms with Gasteiger partial charge in [-0.25, -0.2) is 0 Å². The van der Waals surface area contributed by atoms with Crippen LogP contribution in [0.15, 0.2) is 36.4 Å². The van der Waals surface area contributed by atoms with E-state index in [0.717, 1.165) is 33.4 Å². The summed E-state index contributed by atoms with van der Waals surface area (Å²) in [6.45, 7) is 1.51. The number of hydrogen-bond acceptors (Lipinski definition) is 4. The minimum absolute atomic E-state index is 0. The minimum Gasteiger partial charge on any atom is -0.361 e. The molecule has 0 saturated carbocycles. The molecular formula is C20H30Br4N8S4. The Kier molecular flexibility index (Phi) is 23.0. The molecule has 0 amide bonds. The molecule has 8 nitrogen and oxygen atoms in total. The molecule has 0 aromatic heterocycles. The van der Waals surface area contributed by atoms with Crippen molar-refractivity contribution in [3.05, 3.63) is 58.7 Å². The fourth-order valence-electron chi connectivity index (χ4n) is 3.25. The predicted octanol–water partition coefficient (Wildman–Crippen LogP) is 5.48. The Morgan fingerprint density at radius 1 is 0.472 bits per heavy atom. The van der Waals surface area contributed by atoms with Crippen molar-refractivity contribution < 1.29 is 0 Å². The maximum Gasteiger partial charge on any atom is 0.150 e. The first-order chi connectivity index (χ1) is 15.2. The standard InChI is InChI=1S/C20H26N8S4.4BrH/c21-17(29)25-7-11-3-1-4-12(8-26-18(22)30)15(11)16-13(9-27-19(23)31)5-2-6-14(16)10-28-20(24)32;;;;/h1-6H,7-10H2,(H3,21,25,29)(H3,22,26,30)(H3,23,27,31)(H3,24,28,32);4*1H. The van der Waals surface area contributed by atoms with E-state index in [1.165, 1.54) is 0 Å². The largest absolute Gasteiger partial charge is 0.361 e. The summed E-state index contributed by atoms with van der Waals surface area (Å²) in [5, 5.41) is 42.6. The molecule has 8 N–H and O–H groups in total. The van der Waals surface area contributed by atoms with Crippen molar-refractivity contribution in [2.75, 3.05) is 0 Å². The highest BCUT2D eigenvalue weighted by Gasteiger charge is 2.18. The van der Waals surface area contributed by atoms with Crippen LogP contribution in [0.5, 0.6) is 0 Å². The Hall–Kier alpha value is -0.360. The van der Waals surface area contributed by atoms with Gasteiger partial charge in [0.15, 0.2) is 20.7 Å². The highest BCUT2D eigenvalue weighted by Crippen LogP contribution is 2.34. The average molecular weight is 830 g/mol. The molecule has 2 rings (SSSR count). The lowest BCUT2D eigenvalue weighted by Gasteiger charge is -2.22. The van der Waals surface area contributed by atoms with Gasteiger partial charge >= 0.3 is 0 Å². The predicted molar refractivity (Wildman–Crippen MR) is 187 cm³/mol. The molecule has 0 saturated heterocycles. The van der Waals surface area contributed by atoms with Gasteiger partial charge in [-0.3, -0.25) is 21.6 Å². The van der Waals surface area contributed by atoms with Gasteiger partial charge in [0.1, 0.15) is 0 Å². The number of halogens is 4. The Morgan fingerprint density at radius 3 is 0.833 bits per heavy atom. The smallest absolute Gasteiger partial charge is 0.150 e. The summed E-state index contributed by atoms with van der Waals surface area (Å²) in [7, 11) is 0. The van der Waals surface area contributed by atoms with Crippen molar-refractivity contribution in [2.24, 2.45) is 0 Å². The molecule has 36 heavy (non-hydrogen) atoms. The molecule has 0 bridgehead atoms. The normalized spacial score (nSPS) is 9.11. The van der Waals surface area contributed by atoms with Gasteiger partial charge in [0, 0.05) is 26.2 Å². The van der Waals surface area contributed by atoms with Gasteiger partial charge in [0.2, 0.25) is 0 Å². The van der Waals surface area contributed by atoms with Gasteiger partial charge in [-0.1, -0.05) is 36.4 Å². The summed E-state index contributed by atoms with van der Waals surface area (Å²) in [6.07, 6.45) is 0. The number of nitrogens with one attached hydrogen (secondary N) is 8. The van der Waals surface area contributed by atoms with Gasteiger partial charge in [0.05, 0.1) is 0 Å². The van der Waals surface area contributed by atoms with Gasteiger partial charge in [-0.05, 0) is 33.4 Å². The topological polar surface area (TPSA) is 144 Å². The summed E-state index contributed by atoms with van der Waals surface area (Å²) in [5.74, 6) is 0. The minimum atomic E-state index is 0. The number of thiol groups is 4. The van der Waals surface area contributed by atoms with Crippen molar-refractivity contribution in [3.8, 4) is 11.1 Å². The number of rotatable bonds is 9. The molecule has 0 aliphatic heterocycles. The monoisotopic (exact) mass is 826 g/mol. The van der Waals surface area contributed by atoms with E-state index in [0.29, 0.717) is 26.2 Å². The molecule has 0 radical (unpaired) electrons. The Morgan fingerprint density at radius 2 is 0.667 bits per heavy atom. The first-order valence-corrected chi connectivity index (χ1v) is 11.2. The van der Waals surface area contributed by atoms with Crippen LogP contribution in [-0.4, -0.2) is 20.7 Å². The van der Waals surface area contributed by atoms with Crippen LogP contribution in [0.3, 0.4) is 0 Å². The van der Waals surface area contributed by atoms with Crippen LogP contribution < -0.4 is 21.3 Å². The zero-order valence-corrected chi connectivity index (χ0v) is 29.1. The third-order valence-electron chi connectivity index (χ3n) is 4.51. The van der Waals surface area contributed by atoms with E-state index in [1.807, 2.05) is 36.4 Å². The quantitative estimate of drug-likeness (QED) is 0.0924. The molecule has 16 heteroatoms. The third-order valence-corrected chi connectivity index (χ3v) is 5.14. The van der Waals surface area contributed by atoms with Crippen molar-refractivity contribution >= 4 is 139 Å². The lowest BCUT2D eigenvalue weighted by molar-refractivity contribution is 0.878. The molecule has 0 heterocycles. The summed E-state index contributed by atoms with van der Waals surface area (Å²) < 4.78 is 0. The molecule has 0 unspecified atom stereocenters. The Bertz CT molecular complexity index is 889. The second-order valence-corrected chi connectivity index (χ2v) is 8.50. The van der Waals surface area contributed by atoms with Crippen molar-refractivity contribution in [3.63, 3.8) is 0 Å². The fourth-order valence-corrected chi connectivity index (χ4v) is 3.57. The van der Waals surface area contributed by atoms with Gasteiger partial charge in [-0.2, -0.15) is 0 Å². The number of hydrogen-bond donors (Lipinski definition) is 12. The molecule has 0 spiro atoms. The summed E-state index contributed by atoms with van der Waals surface area (Å²) in [4.78, 5) is 0. The molecule has 2 aromatic rings. The van der Waals surface area contributed by atoms with E-state index in [4.69, 9.17) is 21.6 Å². The first kappa shape index (κ1) is 40.1. The Balaban J connectivity index is -0.00000272. The van der Waals surface area contributed by atoms with Crippen molar-refractivity contribution in [1.29, 1.82) is 21.6 Å². The molecule has 0 aliphatic carbocycles. The summed E-state index contributed by atoms with van der Waals surface area (Å²) >= 11 is 16.1. The zero-order chi connectivity index (χ0) is 23.7. The van der Waals surface area contributed by atoms with Gasteiger partial charge in [0.25, 0.3) is 0 Å². The van der Waals surface area contributed by atoms with E-state index in [2.05, 4.69) is 71.8 Å². The lowest BCUT2D eigenvalue weighted by Crippen LogP contribution is -2.22. The maximum absolute atomic E-state index is 7.64. The zero-order valence-electron chi connectivity index (χ0n) is 18.7. The van der Waals surface area contributed by atoms with Crippen molar-refractivity contribution in [2.45, 2.75) is 26.2 Å². The molecular weight excluding hydrogens is 800 g/mol. The average Bonchev–Trinajstić information content (AvgIpc) is 2.73. The molecule has 202 valence electrons. The molecule has 0 atom stereocenters. The first-order valence-electron chi connectivity index (χ1n) is 9.46. The second kappa shape index (κ2) is 20.6. The van der Waals surface area contributed by atoms with Crippen LogP contribution >= 0.6 is 118 Å². The summed E-state index contributed by atoms with van der Waals surface area (Å²) in [5.41, 5.74) is 5.60. The van der Waals surface area contributed by atoms with Gasteiger partial charge < -0.3 is 21.3 Å². The van der Waals surface area contributed by atoms with E-state index >= 15 is 0 Å². The molecule has 0 aliphatic rings. The number of amidine groups is 4. The van der Waals surface area contributed by atoms with Crippen LogP contribution in [0.4, 0.5) is 0 Å². The highest BCUT2D eigenvalue weighted by molar-refractivity contribution is 8.93. The van der Waals surface area contributed by atoms with Crippen LogP contribution in [0.2, 0.25) is 0 Å². The van der Waals surface area contributed by atoms with E-state index < -0.39 is 0 Å². The van der Waals surface area contributed by atoms with Crippen LogP contribution in [-0.2, 0) is 26.2 Å².